The molecule has 8 heteroatoms. The van der Waals surface area contributed by atoms with E-state index in [-0.39, 0.29) is 22.5 Å². The van der Waals surface area contributed by atoms with E-state index in [1.807, 2.05) is 6.92 Å². The summed E-state index contributed by atoms with van der Waals surface area (Å²) < 4.78 is 26.9. The number of nitrogens with zero attached hydrogens (tertiary/aromatic N) is 1. The van der Waals surface area contributed by atoms with E-state index in [2.05, 4.69) is 4.72 Å². The molecule has 3 N–H and O–H groups in total. The molecule has 0 atom stereocenters. The molecule has 0 spiro atoms. The van der Waals surface area contributed by atoms with Crippen LogP contribution in [0.1, 0.15) is 26.2 Å². The summed E-state index contributed by atoms with van der Waals surface area (Å²) in [4.78, 5) is 9.84. The standard InChI is InChI=1S/C12H17N3O4S/c1-12(6-3-7-12)8-14-20(18,19)10-5-2-4-9(13)11(10)15(16)17/h2,4-5,14H,3,6-8,13H2,1H3. The van der Waals surface area contributed by atoms with Crippen molar-refractivity contribution in [3.63, 3.8) is 0 Å². The lowest BCUT2D eigenvalue weighted by Gasteiger charge is -2.38. The van der Waals surface area contributed by atoms with Gasteiger partial charge < -0.3 is 5.73 Å². The molecule has 20 heavy (non-hydrogen) atoms. The lowest BCUT2D eigenvalue weighted by molar-refractivity contribution is -0.386. The van der Waals surface area contributed by atoms with Gasteiger partial charge in [-0.1, -0.05) is 19.4 Å². The largest absolute Gasteiger partial charge is 0.393 e. The van der Waals surface area contributed by atoms with Crippen LogP contribution in [0.3, 0.4) is 0 Å². The number of nitrogens with one attached hydrogen (secondary N) is 1. The Morgan fingerprint density at radius 3 is 2.60 bits per heavy atom. The van der Waals surface area contributed by atoms with E-state index in [0.29, 0.717) is 0 Å². The van der Waals surface area contributed by atoms with Gasteiger partial charge in [0.1, 0.15) is 5.69 Å². The number of sulfonamides is 1. The fourth-order valence-corrected chi connectivity index (χ4v) is 3.65. The molecule has 7 nitrogen and oxygen atoms in total. The average molecular weight is 299 g/mol. The highest BCUT2D eigenvalue weighted by atomic mass is 32.2. The molecule has 0 bridgehead atoms. The third-order valence-electron chi connectivity index (χ3n) is 3.75. The van der Waals surface area contributed by atoms with Gasteiger partial charge in [-0.2, -0.15) is 0 Å². The van der Waals surface area contributed by atoms with Gasteiger partial charge >= 0.3 is 5.69 Å². The summed E-state index contributed by atoms with van der Waals surface area (Å²) in [7, 11) is -3.94. The van der Waals surface area contributed by atoms with Gasteiger partial charge in [-0.3, -0.25) is 10.1 Å². The second kappa shape index (κ2) is 5.02. The molecular weight excluding hydrogens is 282 g/mol. The van der Waals surface area contributed by atoms with Crippen LogP contribution in [0.4, 0.5) is 11.4 Å². The molecule has 0 saturated heterocycles. The third-order valence-corrected chi connectivity index (χ3v) is 5.18. The zero-order valence-corrected chi connectivity index (χ0v) is 11.9. The number of rotatable bonds is 5. The molecule has 2 rings (SSSR count). The minimum Gasteiger partial charge on any atom is -0.393 e. The molecule has 1 aliphatic rings. The van der Waals surface area contributed by atoms with Gasteiger partial charge in [0.05, 0.1) is 4.92 Å². The Morgan fingerprint density at radius 1 is 1.45 bits per heavy atom. The number of nitrogen functional groups attached to an aromatic ring is 1. The van der Waals surface area contributed by atoms with Gasteiger partial charge in [0.15, 0.2) is 4.90 Å². The van der Waals surface area contributed by atoms with Crippen LogP contribution in [-0.4, -0.2) is 19.9 Å². The van der Waals surface area contributed by atoms with E-state index in [1.165, 1.54) is 18.2 Å². The molecule has 1 aromatic rings. The van der Waals surface area contributed by atoms with Crippen LogP contribution in [0.25, 0.3) is 0 Å². The number of nitro groups is 1. The molecule has 0 radical (unpaired) electrons. The van der Waals surface area contributed by atoms with Gasteiger partial charge in [-0.15, -0.1) is 0 Å². The zero-order chi connectivity index (χ0) is 15.0. The van der Waals surface area contributed by atoms with Gasteiger partial charge in [0.25, 0.3) is 0 Å². The molecule has 1 saturated carbocycles. The van der Waals surface area contributed by atoms with Gasteiger partial charge in [0.2, 0.25) is 10.0 Å². The van der Waals surface area contributed by atoms with Crippen molar-refractivity contribution < 1.29 is 13.3 Å². The summed E-state index contributed by atoms with van der Waals surface area (Å²) in [6.45, 7) is 2.27. The summed E-state index contributed by atoms with van der Waals surface area (Å²) in [6, 6.07) is 3.90. The molecule has 0 heterocycles. The molecule has 0 amide bonds. The molecule has 1 aromatic carbocycles. The highest BCUT2D eigenvalue weighted by molar-refractivity contribution is 7.89. The van der Waals surface area contributed by atoms with Crippen LogP contribution in [0.15, 0.2) is 23.1 Å². The van der Waals surface area contributed by atoms with Gasteiger partial charge in [0, 0.05) is 6.54 Å². The second-order valence-corrected chi connectivity index (χ2v) is 7.18. The Morgan fingerprint density at radius 2 is 2.10 bits per heavy atom. The molecule has 0 aromatic heterocycles. The Hall–Kier alpha value is -1.67. The number of hydrogen-bond donors (Lipinski definition) is 2. The topological polar surface area (TPSA) is 115 Å². The quantitative estimate of drug-likeness (QED) is 0.487. The van der Waals surface area contributed by atoms with Crippen LogP contribution in [0.5, 0.6) is 0 Å². The van der Waals surface area contributed by atoms with E-state index in [4.69, 9.17) is 5.73 Å². The number of para-hydroxylation sites is 1. The molecule has 0 unspecified atom stereocenters. The molecule has 1 aliphatic carbocycles. The van der Waals surface area contributed by atoms with Crippen molar-refractivity contribution in [2.24, 2.45) is 5.41 Å². The fraction of sp³-hybridized carbons (Fsp3) is 0.500. The van der Waals surface area contributed by atoms with E-state index in [9.17, 15) is 18.5 Å². The first kappa shape index (κ1) is 14.7. The first-order valence-corrected chi connectivity index (χ1v) is 7.76. The minimum absolute atomic E-state index is 0.0534. The molecular formula is C12H17N3O4S. The Bertz CT molecular complexity index is 638. The van der Waals surface area contributed by atoms with Crippen molar-refractivity contribution in [1.29, 1.82) is 0 Å². The highest BCUT2D eigenvalue weighted by Gasteiger charge is 2.35. The third kappa shape index (κ3) is 2.75. The average Bonchev–Trinajstić information content (AvgIpc) is 2.33. The summed E-state index contributed by atoms with van der Waals surface area (Å²) in [6.07, 6.45) is 2.99. The Balaban J connectivity index is 2.30. The van der Waals surface area contributed by atoms with Crippen LogP contribution in [0.2, 0.25) is 0 Å². The molecule has 110 valence electrons. The van der Waals surface area contributed by atoms with Crippen LogP contribution in [-0.2, 0) is 10.0 Å². The Labute approximate surface area is 117 Å². The van der Waals surface area contributed by atoms with Crippen LogP contribution >= 0.6 is 0 Å². The van der Waals surface area contributed by atoms with Crippen molar-refractivity contribution in [2.75, 3.05) is 12.3 Å². The fourth-order valence-electron chi connectivity index (χ4n) is 2.26. The number of anilines is 1. The number of nitrogens with two attached hydrogens (primary N) is 1. The monoisotopic (exact) mass is 299 g/mol. The normalized spacial score (nSPS) is 17.4. The van der Waals surface area contributed by atoms with E-state index < -0.39 is 20.6 Å². The summed E-state index contributed by atoms with van der Waals surface area (Å²) in [5.74, 6) is 0. The maximum Gasteiger partial charge on any atom is 0.312 e. The van der Waals surface area contributed by atoms with Crippen molar-refractivity contribution in [2.45, 2.75) is 31.1 Å². The minimum atomic E-state index is -3.94. The second-order valence-electron chi connectivity index (χ2n) is 5.44. The molecule has 1 fully saturated rings. The number of benzene rings is 1. The SMILES string of the molecule is CC1(CNS(=O)(=O)c2cccc(N)c2[N+](=O)[O-])CCC1. The highest BCUT2D eigenvalue weighted by Crippen LogP contribution is 2.40. The maximum absolute atomic E-state index is 12.2. The van der Waals surface area contributed by atoms with Crippen LogP contribution in [0, 0.1) is 15.5 Å². The number of nitro benzene ring substituents is 1. The first-order chi connectivity index (χ1) is 9.25. The van der Waals surface area contributed by atoms with Crippen LogP contribution < -0.4 is 10.5 Å². The van der Waals surface area contributed by atoms with E-state index in [0.717, 1.165) is 19.3 Å². The Kier molecular flexibility index (Phi) is 3.70. The van der Waals surface area contributed by atoms with Crippen molar-refractivity contribution >= 4 is 21.4 Å². The van der Waals surface area contributed by atoms with Crippen molar-refractivity contribution in [3.05, 3.63) is 28.3 Å². The lowest BCUT2D eigenvalue weighted by Crippen LogP contribution is -2.40. The summed E-state index contributed by atoms with van der Waals surface area (Å²) in [5.41, 5.74) is 4.72. The van der Waals surface area contributed by atoms with E-state index in [1.54, 1.807) is 0 Å². The first-order valence-electron chi connectivity index (χ1n) is 6.28. The van der Waals surface area contributed by atoms with E-state index >= 15 is 0 Å². The predicted octanol–water partition coefficient (Wildman–Crippen LogP) is 1.65. The number of hydrogen-bond acceptors (Lipinski definition) is 5. The zero-order valence-electron chi connectivity index (χ0n) is 11.1. The smallest absolute Gasteiger partial charge is 0.312 e. The van der Waals surface area contributed by atoms with Crippen molar-refractivity contribution in [3.8, 4) is 0 Å². The maximum atomic E-state index is 12.2. The van der Waals surface area contributed by atoms with Gasteiger partial charge in [-0.25, -0.2) is 13.1 Å². The predicted molar refractivity (Wildman–Crippen MR) is 74.7 cm³/mol. The van der Waals surface area contributed by atoms with Crippen molar-refractivity contribution in [1.82, 2.24) is 4.72 Å². The summed E-state index contributed by atoms with van der Waals surface area (Å²) in [5, 5.41) is 11.0. The van der Waals surface area contributed by atoms with Gasteiger partial charge in [-0.05, 0) is 30.4 Å². The summed E-state index contributed by atoms with van der Waals surface area (Å²) >= 11 is 0. The molecule has 0 aliphatic heterocycles. The lowest BCUT2D eigenvalue weighted by atomic mass is 9.71.